The lowest BCUT2D eigenvalue weighted by Gasteiger charge is -2.26. The van der Waals surface area contributed by atoms with Crippen LogP contribution in [-0.2, 0) is 6.42 Å². The summed E-state index contributed by atoms with van der Waals surface area (Å²) in [6.45, 7) is 7.51. The number of rotatable bonds is 6. The van der Waals surface area contributed by atoms with Crippen molar-refractivity contribution in [2.24, 2.45) is 11.8 Å². The molecule has 3 rings (SSSR count). The minimum absolute atomic E-state index is 0.840. The lowest BCUT2D eigenvalue weighted by Crippen LogP contribution is -2.35. The first-order valence-electron chi connectivity index (χ1n) is 8.37. The number of nitrogens with zero attached hydrogens (tertiary/aromatic N) is 1. The summed E-state index contributed by atoms with van der Waals surface area (Å²) in [5, 5.41) is 3.57. The van der Waals surface area contributed by atoms with Crippen LogP contribution in [0.3, 0.4) is 0 Å². The van der Waals surface area contributed by atoms with E-state index in [9.17, 15) is 0 Å². The Morgan fingerprint density at radius 2 is 2.00 bits per heavy atom. The highest BCUT2D eigenvalue weighted by Gasteiger charge is 2.42. The Balaban J connectivity index is 1.42. The molecule has 2 fully saturated rings. The average molecular weight is 272 g/mol. The van der Waals surface area contributed by atoms with Crippen molar-refractivity contribution in [1.29, 1.82) is 0 Å². The molecule has 0 amide bonds. The summed E-state index contributed by atoms with van der Waals surface area (Å²) in [7, 11) is 0. The second-order valence-corrected chi connectivity index (χ2v) is 6.50. The van der Waals surface area contributed by atoms with Gasteiger partial charge in [0.2, 0.25) is 0 Å². The Labute approximate surface area is 123 Å². The Bertz CT molecular complexity index is 403. The molecule has 1 N–H and O–H groups in total. The molecule has 2 nitrogen and oxygen atoms in total. The van der Waals surface area contributed by atoms with Gasteiger partial charge in [-0.3, -0.25) is 4.90 Å². The second-order valence-electron chi connectivity index (χ2n) is 6.50. The van der Waals surface area contributed by atoms with Crippen LogP contribution in [0.15, 0.2) is 30.3 Å². The predicted molar refractivity (Wildman–Crippen MR) is 84.9 cm³/mol. The van der Waals surface area contributed by atoms with Crippen LogP contribution in [0, 0.1) is 11.8 Å². The van der Waals surface area contributed by atoms with Gasteiger partial charge in [0.05, 0.1) is 0 Å². The molecule has 2 saturated heterocycles. The van der Waals surface area contributed by atoms with Gasteiger partial charge >= 0.3 is 0 Å². The third-order valence-electron chi connectivity index (χ3n) is 5.25. The van der Waals surface area contributed by atoms with E-state index in [0.717, 1.165) is 17.9 Å². The number of benzene rings is 1. The van der Waals surface area contributed by atoms with E-state index in [1.807, 2.05) is 0 Å². The third kappa shape index (κ3) is 3.07. The van der Waals surface area contributed by atoms with E-state index < -0.39 is 0 Å². The van der Waals surface area contributed by atoms with Gasteiger partial charge in [0, 0.05) is 12.6 Å². The van der Waals surface area contributed by atoms with Crippen molar-refractivity contribution >= 4 is 0 Å². The number of likely N-dealkylation sites (tertiary alicyclic amines) is 1. The maximum absolute atomic E-state index is 3.57. The summed E-state index contributed by atoms with van der Waals surface area (Å²) in [4.78, 5) is 2.78. The highest BCUT2D eigenvalue weighted by atomic mass is 15.2. The molecule has 0 aliphatic carbocycles. The molecular formula is C18H28N2. The maximum Gasteiger partial charge on any atom is 0.0137 e. The molecule has 2 heteroatoms. The van der Waals surface area contributed by atoms with Crippen LogP contribution in [-0.4, -0.2) is 37.1 Å². The van der Waals surface area contributed by atoms with Crippen LogP contribution in [0.4, 0.5) is 0 Å². The van der Waals surface area contributed by atoms with Crippen LogP contribution in [0.5, 0.6) is 0 Å². The van der Waals surface area contributed by atoms with Gasteiger partial charge in [0.15, 0.2) is 0 Å². The smallest absolute Gasteiger partial charge is 0.0137 e. The lowest BCUT2D eigenvalue weighted by atomic mass is 9.93. The monoisotopic (exact) mass is 272 g/mol. The third-order valence-corrected chi connectivity index (χ3v) is 5.25. The summed E-state index contributed by atoms with van der Waals surface area (Å²) in [6.07, 6.45) is 5.23. The zero-order chi connectivity index (χ0) is 13.8. The molecule has 2 aliphatic rings. The van der Waals surface area contributed by atoms with E-state index in [1.165, 1.54) is 57.4 Å². The van der Waals surface area contributed by atoms with Crippen molar-refractivity contribution in [3.63, 3.8) is 0 Å². The van der Waals surface area contributed by atoms with Crippen molar-refractivity contribution in [2.75, 3.05) is 26.2 Å². The van der Waals surface area contributed by atoms with Crippen molar-refractivity contribution < 1.29 is 0 Å². The van der Waals surface area contributed by atoms with E-state index in [2.05, 4.69) is 47.5 Å². The number of hydrogen-bond acceptors (Lipinski definition) is 2. The van der Waals surface area contributed by atoms with Gasteiger partial charge in [-0.15, -0.1) is 0 Å². The number of aryl methyl sites for hydroxylation is 1. The van der Waals surface area contributed by atoms with Gasteiger partial charge in [-0.25, -0.2) is 0 Å². The first kappa shape index (κ1) is 14.1. The Morgan fingerprint density at radius 1 is 1.15 bits per heavy atom. The molecule has 2 heterocycles. The number of hydrogen-bond donors (Lipinski definition) is 1. The van der Waals surface area contributed by atoms with Crippen LogP contribution in [0.2, 0.25) is 0 Å². The van der Waals surface area contributed by atoms with Crippen LogP contribution < -0.4 is 5.32 Å². The average Bonchev–Trinajstić information content (AvgIpc) is 3.05. The molecule has 1 aromatic carbocycles. The molecule has 0 bridgehead atoms. The van der Waals surface area contributed by atoms with Crippen molar-refractivity contribution in [1.82, 2.24) is 10.2 Å². The largest absolute Gasteiger partial charge is 0.316 e. The molecule has 0 radical (unpaired) electrons. The molecule has 0 aromatic heterocycles. The van der Waals surface area contributed by atoms with Gasteiger partial charge < -0.3 is 5.32 Å². The summed E-state index contributed by atoms with van der Waals surface area (Å²) in [6, 6.07) is 11.7. The summed E-state index contributed by atoms with van der Waals surface area (Å²) in [5.74, 6) is 1.85. The second kappa shape index (κ2) is 6.73. The summed E-state index contributed by atoms with van der Waals surface area (Å²) >= 11 is 0. The Kier molecular flexibility index (Phi) is 4.74. The molecular weight excluding hydrogens is 244 g/mol. The molecule has 3 unspecified atom stereocenters. The Morgan fingerprint density at radius 3 is 2.80 bits per heavy atom. The quantitative estimate of drug-likeness (QED) is 0.801. The van der Waals surface area contributed by atoms with Gasteiger partial charge in [-0.1, -0.05) is 37.3 Å². The highest BCUT2D eigenvalue weighted by molar-refractivity contribution is 5.14. The van der Waals surface area contributed by atoms with Crippen LogP contribution >= 0.6 is 0 Å². The summed E-state index contributed by atoms with van der Waals surface area (Å²) in [5.41, 5.74) is 1.49. The maximum atomic E-state index is 3.57. The lowest BCUT2D eigenvalue weighted by molar-refractivity contribution is 0.214. The number of fused-ring (bicyclic) bond motifs is 1. The zero-order valence-corrected chi connectivity index (χ0v) is 12.7. The van der Waals surface area contributed by atoms with E-state index in [1.54, 1.807) is 0 Å². The zero-order valence-electron chi connectivity index (χ0n) is 12.7. The molecule has 2 aliphatic heterocycles. The van der Waals surface area contributed by atoms with Gasteiger partial charge in [-0.2, -0.15) is 0 Å². The normalized spacial score (nSPS) is 29.8. The fourth-order valence-corrected chi connectivity index (χ4v) is 4.22. The molecule has 20 heavy (non-hydrogen) atoms. The topological polar surface area (TPSA) is 15.3 Å². The van der Waals surface area contributed by atoms with Crippen molar-refractivity contribution in [2.45, 2.75) is 38.6 Å². The fraction of sp³-hybridized carbons (Fsp3) is 0.667. The van der Waals surface area contributed by atoms with Crippen molar-refractivity contribution in [3.8, 4) is 0 Å². The first-order chi connectivity index (χ1) is 9.88. The van der Waals surface area contributed by atoms with E-state index >= 15 is 0 Å². The van der Waals surface area contributed by atoms with Crippen LogP contribution in [0.25, 0.3) is 0 Å². The molecule has 3 atom stereocenters. The molecule has 0 saturated carbocycles. The number of unbranched alkanes of at least 4 members (excludes halogenated alkanes) is 1. The standard InChI is InChI=1S/C18H28N2/c1-2-18-17-13-19-12-16(17)14-20(18)11-7-6-10-15-8-4-3-5-9-15/h3-5,8-9,16-19H,2,6-7,10-14H2,1H3. The Hall–Kier alpha value is -0.860. The fourth-order valence-electron chi connectivity index (χ4n) is 4.22. The first-order valence-corrected chi connectivity index (χ1v) is 8.37. The van der Waals surface area contributed by atoms with Gasteiger partial charge in [0.1, 0.15) is 0 Å². The van der Waals surface area contributed by atoms with E-state index in [4.69, 9.17) is 0 Å². The highest BCUT2D eigenvalue weighted by Crippen LogP contribution is 2.34. The van der Waals surface area contributed by atoms with Crippen LogP contribution in [0.1, 0.15) is 31.7 Å². The van der Waals surface area contributed by atoms with E-state index in [-0.39, 0.29) is 0 Å². The SMILES string of the molecule is CCC1C2CNCC2CN1CCCCc1ccccc1. The van der Waals surface area contributed by atoms with Gasteiger partial charge in [-0.05, 0) is 62.7 Å². The molecule has 1 aromatic rings. The summed E-state index contributed by atoms with van der Waals surface area (Å²) < 4.78 is 0. The molecule has 0 spiro atoms. The van der Waals surface area contributed by atoms with Gasteiger partial charge in [0.25, 0.3) is 0 Å². The minimum atomic E-state index is 0.840. The number of nitrogens with one attached hydrogen (secondary N) is 1. The molecule has 110 valence electrons. The minimum Gasteiger partial charge on any atom is -0.316 e. The predicted octanol–water partition coefficient (Wildman–Crippen LogP) is 2.94. The van der Waals surface area contributed by atoms with Crippen molar-refractivity contribution in [3.05, 3.63) is 35.9 Å². The van der Waals surface area contributed by atoms with E-state index in [0.29, 0.717) is 0 Å².